The quantitative estimate of drug-likeness (QED) is 0.818. The van der Waals surface area contributed by atoms with Gasteiger partial charge in [-0.1, -0.05) is 19.3 Å². The summed E-state index contributed by atoms with van der Waals surface area (Å²) in [5.74, 6) is 0.929. The zero-order chi connectivity index (χ0) is 13.7. The monoisotopic (exact) mass is 263 g/mol. The molecule has 1 heterocycles. The van der Waals surface area contributed by atoms with Gasteiger partial charge in [0.2, 0.25) is 5.91 Å². The fourth-order valence-electron chi connectivity index (χ4n) is 2.82. The third kappa shape index (κ3) is 4.37. The molecule has 4 nitrogen and oxygen atoms in total. The second-order valence-corrected chi connectivity index (χ2v) is 5.80. The minimum Gasteiger partial charge on any atom is -0.345 e. The summed E-state index contributed by atoms with van der Waals surface area (Å²) in [6, 6.07) is 0. The number of hydrogen-bond donors (Lipinski definition) is 0. The fraction of sp³-hybridized carbons (Fsp3) is 0.733. The van der Waals surface area contributed by atoms with Crippen LogP contribution in [0.15, 0.2) is 12.4 Å². The third-order valence-electron chi connectivity index (χ3n) is 4.11. The lowest BCUT2D eigenvalue weighted by atomic mass is 9.87. The van der Waals surface area contributed by atoms with Crippen LogP contribution in [0.25, 0.3) is 0 Å². The molecule has 0 bridgehead atoms. The lowest BCUT2D eigenvalue weighted by Gasteiger charge is -2.24. The van der Waals surface area contributed by atoms with Crippen molar-refractivity contribution in [1.82, 2.24) is 14.7 Å². The van der Waals surface area contributed by atoms with E-state index in [1.807, 2.05) is 31.4 Å². The van der Waals surface area contributed by atoms with Gasteiger partial charge in [-0.15, -0.1) is 0 Å². The summed E-state index contributed by atoms with van der Waals surface area (Å²) >= 11 is 0. The van der Waals surface area contributed by atoms with Crippen molar-refractivity contribution in [3.63, 3.8) is 0 Å². The van der Waals surface area contributed by atoms with E-state index in [4.69, 9.17) is 0 Å². The second-order valence-electron chi connectivity index (χ2n) is 5.80. The number of amides is 1. The maximum absolute atomic E-state index is 12.1. The summed E-state index contributed by atoms with van der Waals surface area (Å²) in [6.45, 7) is 0.789. The van der Waals surface area contributed by atoms with Crippen LogP contribution >= 0.6 is 0 Å². The lowest BCUT2D eigenvalue weighted by molar-refractivity contribution is -0.131. The molecule has 1 aromatic heterocycles. The summed E-state index contributed by atoms with van der Waals surface area (Å²) in [6.07, 6.45) is 11.9. The Balaban J connectivity index is 1.72. The Bertz CT molecular complexity index is 407. The molecule has 1 saturated carbocycles. The van der Waals surface area contributed by atoms with E-state index in [-0.39, 0.29) is 0 Å². The van der Waals surface area contributed by atoms with Gasteiger partial charge in [-0.2, -0.15) is 5.10 Å². The summed E-state index contributed by atoms with van der Waals surface area (Å²) in [5.41, 5.74) is 1.19. The Morgan fingerprint density at radius 3 is 2.79 bits per heavy atom. The predicted molar refractivity (Wildman–Crippen MR) is 75.7 cm³/mol. The van der Waals surface area contributed by atoms with Gasteiger partial charge in [0.15, 0.2) is 0 Å². The fourth-order valence-corrected chi connectivity index (χ4v) is 2.82. The molecule has 0 atom stereocenters. The first kappa shape index (κ1) is 14.1. The van der Waals surface area contributed by atoms with Gasteiger partial charge in [0.05, 0.1) is 6.20 Å². The smallest absolute Gasteiger partial charge is 0.222 e. The molecule has 19 heavy (non-hydrogen) atoms. The SMILES string of the molecule is CN(CCc1cnn(C)c1)C(=O)CC1CCCCC1. The second kappa shape index (κ2) is 6.73. The first-order valence-electron chi connectivity index (χ1n) is 7.36. The maximum atomic E-state index is 12.1. The summed E-state index contributed by atoms with van der Waals surface area (Å²) in [5, 5.41) is 4.15. The number of carbonyl (C=O) groups is 1. The van der Waals surface area contributed by atoms with Crippen LogP contribution in [-0.4, -0.2) is 34.2 Å². The van der Waals surface area contributed by atoms with Gasteiger partial charge in [0.25, 0.3) is 0 Å². The molecule has 1 aliphatic rings. The highest BCUT2D eigenvalue weighted by Gasteiger charge is 2.19. The van der Waals surface area contributed by atoms with Crippen molar-refractivity contribution < 1.29 is 4.79 Å². The van der Waals surface area contributed by atoms with Crippen LogP contribution in [0.2, 0.25) is 0 Å². The number of carbonyl (C=O) groups excluding carboxylic acids is 1. The van der Waals surface area contributed by atoms with Crippen LogP contribution in [0.1, 0.15) is 44.1 Å². The van der Waals surface area contributed by atoms with Gasteiger partial charge in [0, 0.05) is 33.3 Å². The Hall–Kier alpha value is -1.32. The number of nitrogens with zero attached hydrogens (tertiary/aromatic N) is 3. The molecule has 0 unspecified atom stereocenters. The van der Waals surface area contributed by atoms with E-state index < -0.39 is 0 Å². The summed E-state index contributed by atoms with van der Waals surface area (Å²) in [7, 11) is 3.84. The van der Waals surface area contributed by atoms with E-state index in [0.29, 0.717) is 11.8 Å². The van der Waals surface area contributed by atoms with Crippen LogP contribution in [0.5, 0.6) is 0 Å². The third-order valence-corrected chi connectivity index (χ3v) is 4.11. The van der Waals surface area contributed by atoms with Crippen molar-refractivity contribution in [3.8, 4) is 0 Å². The van der Waals surface area contributed by atoms with E-state index in [1.54, 1.807) is 4.68 Å². The van der Waals surface area contributed by atoms with Gasteiger partial charge in [-0.3, -0.25) is 9.48 Å². The van der Waals surface area contributed by atoms with Crippen molar-refractivity contribution >= 4 is 5.91 Å². The molecule has 1 aliphatic carbocycles. The number of aryl methyl sites for hydroxylation is 1. The van der Waals surface area contributed by atoms with Crippen molar-refractivity contribution in [3.05, 3.63) is 18.0 Å². The Morgan fingerprint density at radius 1 is 1.42 bits per heavy atom. The molecule has 0 radical (unpaired) electrons. The maximum Gasteiger partial charge on any atom is 0.222 e. The molecule has 0 spiro atoms. The van der Waals surface area contributed by atoms with E-state index in [1.165, 1.54) is 37.7 Å². The molecule has 106 valence electrons. The molecule has 0 aliphatic heterocycles. The molecule has 1 aromatic rings. The molecule has 2 rings (SSSR count). The molecular weight excluding hydrogens is 238 g/mol. The Labute approximate surface area is 115 Å². The van der Waals surface area contributed by atoms with Crippen LogP contribution < -0.4 is 0 Å². The summed E-state index contributed by atoms with van der Waals surface area (Å²) < 4.78 is 1.80. The Morgan fingerprint density at radius 2 is 2.16 bits per heavy atom. The molecule has 1 fully saturated rings. The van der Waals surface area contributed by atoms with Crippen molar-refractivity contribution in [1.29, 1.82) is 0 Å². The highest BCUT2D eigenvalue weighted by molar-refractivity contribution is 5.76. The van der Waals surface area contributed by atoms with Crippen LogP contribution in [-0.2, 0) is 18.3 Å². The highest BCUT2D eigenvalue weighted by Crippen LogP contribution is 2.26. The van der Waals surface area contributed by atoms with Crippen molar-refractivity contribution in [2.45, 2.75) is 44.9 Å². The standard InChI is InChI=1S/C15H25N3O/c1-17(9-8-14-11-16-18(2)12-14)15(19)10-13-6-4-3-5-7-13/h11-13H,3-10H2,1-2H3. The average Bonchev–Trinajstić information content (AvgIpc) is 2.83. The van der Waals surface area contributed by atoms with Crippen molar-refractivity contribution in [2.75, 3.05) is 13.6 Å². The number of likely N-dealkylation sites (N-methyl/N-ethyl adjacent to an activating group) is 1. The molecular formula is C15H25N3O. The van der Waals surface area contributed by atoms with Crippen molar-refractivity contribution in [2.24, 2.45) is 13.0 Å². The van der Waals surface area contributed by atoms with E-state index in [2.05, 4.69) is 5.10 Å². The number of aromatic nitrogens is 2. The predicted octanol–water partition coefficient (Wildman–Crippen LogP) is 2.39. The van der Waals surface area contributed by atoms with E-state index >= 15 is 0 Å². The molecule has 0 saturated heterocycles. The van der Waals surface area contributed by atoms with E-state index in [9.17, 15) is 4.79 Å². The van der Waals surface area contributed by atoms with Crippen LogP contribution in [0.4, 0.5) is 0 Å². The highest BCUT2D eigenvalue weighted by atomic mass is 16.2. The van der Waals surface area contributed by atoms with Crippen LogP contribution in [0.3, 0.4) is 0 Å². The zero-order valence-electron chi connectivity index (χ0n) is 12.1. The molecule has 1 amide bonds. The first-order valence-corrected chi connectivity index (χ1v) is 7.36. The Kier molecular flexibility index (Phi) is 5.00. The topological polar surface area (TPSA) is 38.1 Å². The van der Waals surface area contributed by atoms with Gasteiger partial charge in [-0.05, 0) is 30.7 Å². The molecule has 0 aromatic carbocycles. The normalized spacial score (nSPS) is 16.5. The minimum absolute atomic E-state index is 0.302. The largest absolute Gasteiger partial charge is 0.345 e. The zero-order valence-corrected chi connectivity index (χ0v) is 12.1. The van der Waals surface area contributed by atoms with Gasteiger partial charge >= 0.3 is 0 Å². The molecule has 4 heteroatoms. The number of hydrogen-bond acceptors (Lipinski definition) is 2. The van der Waals surface area contributed by atoms with Gasteiger partial charge < -0.3 is 4.90 Å². The first-order chi connectivity index (χ1) is 9.15. The number of rotatable bonds is 5. The minimum atomic E-state index is 0.302. The van der Waals surface area contributed by atoms with E-state index in [0.717, 1.165) is 19.4 Å². The van der Waals surface area contributed by atoms with Gasteiger partial charge in [-0.25, -0.2) is 0 Å². The lowest BCUT2D eigenvalue weighted by Crippen LogP contribution is -2.30. The average molecular weight is 263 g/mol. The van der Waals surface area contributed by atoms with Crippen LogP contribution in [0, 0.1) is 5.92 Å². The van der Waals surface area contributed by atoms with Gasteiger partial charge in [0.1, 0.15) is 0 Å². The summed E-state index contributed by atoms with van der Waals surface area (Å²) in [4.78, 5) is 14.0. The molecule has 0 N–H and O–H groups in total.